The molecule has 3 heterocycles. The van der Waals surface area contributed by atoms with Crippen molar-refractivity contribution in [2.45, 2.75) is 19.4 Å². The zero-order valence-electron chi connectivity index (χ0n) is 13.6. The first-order valence-corrected chi connectivity index (χ1v) is 9.07. The van der Waals surface area contributed by atoms with Crippen LogP contribution in [0.15, 0.2) is 54.2 Å². The average molecular weight is 350 g/mol. The monoisotopic (exact) mass is 350 g/mol. The van der Waals surface area contributed by atoms with E-state index in [1.165, 1.54) is 10.9 Å². The van der Waals surface area contributed by atoms with E-state index < -0.39 is 0 Å². The molecule has 6 heteroatoms. The quantitative estimate of drug-likeness (QED) is 0.494. The Balaban J connectivity index is 1.35. The maximum atomic E-state index is 12.2. The number of carbonyl (C=O) groups is 1. The molecule has 0 atom stereocenters. The Bertz CT molecular complexity index is 984. The van der Waals surface area contributed by atoms with Crippen molar-refractivity contribution in [3.63, 3.8) is 0 Å². The number of benzene rings is 1. The fraction of sp³-hybridized carbons (Fsp3) is 0.158. The van der Waals surface area contributed by atoms with E-state index in [2.05, 4.69) is 26.6 Å². The van der Waals surface area contributed by atoms with Crippen LogP contribution in [0, 0.1) is 0 Å². The molecule has 1 amide bonds. The van der Waals surface area contributed by atoms with Gasteiger partial charge in [0, 0.05) is 35.6 Å². The highest BCUT2D eigenvalue weighted by molar-refractivity contribution is 7.13. The molecule has 126 valence electrons. The van der Waals surface area contributed by atoms with E-state index in [0.29, 0.717) is 13.0 Å². The van der Waals surface area contributed by atoms with E-state index in [1.54, 1.807) is 17.5 Å². The third-order valence-corrected chi connectivity index (χ3v) is 5.15. The highest BCUT2D eigenvalue weighted by atomic mass is 32.1. The lowest BCUT2D eigenvalue weighted by Gasteiger charge is -2.05. The van der Waals surface area contributed by atoms with Crippen LogP contribution in [0.5, 0.6) is 0 Å². The first kappa shape index (κ1) is 15.7. The fourth-order valence-corrected chi connectivity index (χ4v) is 3.70. The van der Waals surface area contributed by atoms with Gasteiger partial charge in [0.15, 0.2) is 0 Å². The first-order valence-electron chi connectivity index (χ1n) is 8.19. The number of nitrogens with one attached hydrogen (secondary N) is 3. The number of carbonyl (C=O) groups excluding carboxylic acids is 1. The minimum Gasteiger partial charge on any atom is -0.361 e. The Morgan fingerprint density at radius 3 is 2.96 bits per heavy atom. The number of thiophene rings is 1. The van der Waals surface area contributed by atoms with Crippen LogP contribution in [0.3, 0.4) is 0 Å². The van der Waals surface area contributed by atoms with Crippen LogP contribution in [0.1, 0.15) is 17.5 Å². The number of aromatic amines is 2. The number of nitrogens with zero attached hydrogens (tertiary/aromatic N) is 1. The van der Waals surface area contributed by atoms with Crippen molar-refractivity contribution in [3.05, 3.63) is 65.3 Å². The van der Waals surface area contributed by atoms with Crippen LogP contribution in [0.2, 0.25) is 0 Å². The number of hydrogen-bond donors (Lipinski definition) is 3. The molecule has 0 fully saturated rings. The van der Waals surface area contributed by atoms with Crippen LogP contribution in [-0.4, -0.2) is 21.1 Å². The summed E-state index contributed by atoms with van der Waals surface area (Å²) < 4.78 is 0. The highest BCUT2D eigenvalue weighted by Crippen LogP contribution is 2.25. The molecule has 3 N–H and O–H groups in total. The van der Waals surface area contributed by atoms with Crippen molar-refractivity contribution < 1.29 is 4.79 Å². The molecule has 0 aliphatic rings. The van der Waals surface area contributed by atoms with Gasteiger partial charge in [0.1, 0.15) is 0 Å². The summed E-state index contributed by atoms with van der Waals surface area (Å²) in [6, 6.07) is 12.2. The van der Waals surface area contributed by atoms with Crippen molar-refractivity contribution in [2.75, 3.05) is 0 Å². The molecule has 3 aromatic heterocycles. The largest absolute Gasteiger partial charge is 0.361 e. The van der Waals surface area contributed by atoms with Crippen LogP contribution >= 0.6 is 11.3 Å². The molecule has 5 nitrogen and oxygen atoms in total. The summed E-state index contributed by atoms with van der Waals surface area (Å²) in [5.41, 5.74) is 4.26. The normalized spacial score (nSPS) is 11.0. The predicted molar refractivity (Wildman–Crippen MR) is 100 cm³/mol. The van der Waals surface area contributed by atoms with Gasteiger partial charge in [-0.1, -0.05) is 24.3 Å². The van der Waals surface area contributed by atoms with Crippen molar-refractivity contribution >= 4 is 28.1 Å². The van der Waals surface area contributed by atoms with Crippen molar-refractivity contribution in [1.82, 2.24) is 20.5 Å². The van der Waals surface area contributed by atoms with E-state index in [4.69, 9.17) is 0 Å². The number of para-hydroxylation sites is 1. The van der Waals surface area contributed by atoms with E-state index in [0.717, 1.165) is 28.1 Å². The Hall–Kier alpha value is -2.86. The zero-order chi connectivity index (χ0) is 17.1. The molecule has 0 aliphatic carbocycles. The van der Waals surface area contributed by atoms with Gasteiger partial charge in [-0.05, 0) is 29.5 Å². The molecule has 4 rings (SSSR count). The number of aryl methyl sites for hydroxylation is 1. The summed E-state index contributed by atoms with van der Waals surface area (Å²) in [7, 11) is 0. The van der Waals surface area contributed by atoms with Crippen LogP contribution < -0.4 is 5.32 Å². The average Bonchev–Trinajstić information content (AvgIpc) is 3.38. The summed E-state index contributed by atoms with van der Waals surface area (Å²) in [6.45, 7) is 0.483. The van der Waals surface area contributed by atoms with Gasteiger partial charge in [0.2, 0.25) is 5.91 Å². The Kier molecular flexibility index (Phi) is 4.35. The van der Waals surface area contributed by atoms with E-state index in [1.807, 2.05) is 41.9 Å². The third kappa shape index (κ3) is 3.34. The molecule has 0 unspecified atom stereocenters. The molecule has 25 heavy (non-hydrogen) atoms. The summed E-state index contributed by atoms with van der Waals surface area (Å²) >= 11 is 1.65. The highest BCUT2D eigenvalue weighted by Gasteiger charge is 2.11. The number of fused-ring (bicyclic) bond motifs is 1. The molecular weight excluding hydrogens is 332 g/mol. The third-order valence-electron chi connectivity index (χ3n) is 4.26. The van der Waals surface area contributed by atoms with Gasteiger partial charge in [-0.25, -0.2) is 0 Å². The molecule has 0 radical (unpaired) electrons. The van der Waals surface area contributed by atoms with Gasteiger partial charge in [-0.2, -0.15) is 5.10 Å². The SMILES string of the molecule is O=C(CCc1c[nH]c2ccccc12)NCc1cn[nH]c1-c1cccs1. The van der Waals surface area contributed by atoms with Crippen molar-refractivity contribution in [3.8, 4) is 10.6 Å². The maximum absolute atomic E-state index is 12.2. The minimum atomic E-state index is 0.0450. The predicted octanol–water partition coefficient (Wildman–Crippen LogP) is 3.87. The topological polar surface area (TPSA) is 73.6 Å². The Labute approximate surface area is 149 Å². The van der Waals surface area contributed by atoms with Gasteiger partial charge in [-0.15, -0.1) is 11.3 Å². The summed E-state index contributed by atoms with van der Waals surface area (Å²) in [4.78, 5) is 16.6. The second kappa shape index (κ2) is 6.94. The Morgan fingerprint density at radius 1 is 1.16 bits per heavy atom. The molecule has 0 spiro atoms. The lowest BCUT2D eigenvalue weighted by atomic mass is 10.1. The summed E-state index contributed by atoms with van der Waals surface area (Å²) in [5, 5.41) is 13.3. The number of amides is 1. The van der Waals surface area contributed by atoms with Crippen LogP contribution in [0.4, 0.5) is 0 Å². The molecule has 1 aromatic carbocycles. The molecular formula is C19H18N4OS. The molecule has 4 aromatic rings. The van der Waals surface area contributed by atoms with E-state index in [9.17, 15) is 4.79 Å². The lowest BCUT2D eigenvalue weighted by Crippen LogP contribution is -2.23. The smallest absolute Gasteiger partial charge is 0.220 e. The van der Waals surface area contributed by atoms with Gasteiger partial charge < -0.3 is 10.3 Å². The van der Waals surface area contributed by atoms with Crippen molar-refractivity contribution in [1.29, 1.82) is 0 Å². The second-order valence-electron chi connectivity index (χ2n) is 5.88. The number of hydrogen-bond acceptors (Lipinski definition) is 3. The first-order chi connectivity index (χ1) is 12.3. The van der Waals surface area contributed by atoms with Crippen LogP contribution in [0.25, 0.3) is 21.5 Å². The zero-order valence-corrected chi connectivity index (χ0v) is 14.4. The van der Waals surface area contributed by atoms with Gasteiger partial charge in [0.25, 0.3) is 0 Å². The fourth-order valence-electron chi connectivity index (χ4n) is 2.95. The van der Waals surface area contributed by atoms with Gasteiger partial charge in [-0.3, -0.25) is 9.89 Å². The molecule has 0 saturated heterocycles. The summed E-state index contributed by atoms with van der Waals surface area (Å²) in [5.74, 6) is 0.0450. The lowest BCUT2D eigenvalue weighted by molar-refractivity contribution is -0.121. The van der Waals surface area contributed by atoms with E-state index >= 15 is 0 Å². The maximum Gasteiger partial charge on any atom is 0.220 e. The summed E-state index contributed by atoms with van der Waals surface area (Å²) in [6.07, 6.45) is 4.95. The minimum absolute atomic E-state index is 0.0450. The number of aromatic nitrogens is 3. The second-order valence-corrected chi connectivity index (χ2v) is 6.83. The molecule has 0 bridgehead atoms. The van der Waals surface area contributed by atoms with E-state index in [-0.39, 0.29) is 5.91 Å². The van der Waals surface area contributed by atoms with Crippen LogP contribution in [-0.2, 0) is 17.8 Å². The molecule has 0 saturated carbocycles. The Morgan fingerprint density at radius 2 is 2.08 bits per heavy atom. The van der Waals surface area contributed by atoms with Crippen molar-refractivity contribution in [2.24, 2.45) is 0 Å². The number of rotatable bonds is 6. The number of H-pyrrole nitrogens is 2. The van der Waals surface area contributed by atoms with Gasteiger partial charge in [0.05, 0.1) is 16.8 Å². The molecule has 0 aliphatic heterocycles. The standard InChI is InChI=1S/C19H18N4OS/c24-18(8-7-13-10-20-16-5-2-1-4-15(13)16)21-11-14-12-22-23-19(14)17-6-3-9-25-17/h1-6,9-10,12,20H,7-8,11H2,(H,21,24)(H,22,23). The van der Waals surface area contributed by atoms with Gasteiger partial charge >= 0.3 is 0 Å².